The molecule has 0 saturated heterocycles. The van der Waals surface area contributed by atoms with Crippen LogP contribution in [0.5, 0.6) is 0 Å². The fraction of sp³-hybridized carbons (Fsp3) is 0.125. The number of aromatic nitrogens is 1. The van der Waals surface area contributed by atoms with Gasteiger partial charge in [0.1, 0.15) is 6.54 Å². The molecule has 1 rings (SSSR count). The van der Waals surface area contributed by atoms with Gasteiger partial charge in [-0.05, 0) is 12.1 Å². The third kappa shape index (κ3) is 3.54. The molecule has 1 heterocycles. The number of pyridine rings is 1. The first kappa shape index (κ1) is 11.4. The summed E-state index contributed by atoms with van der Waals surface area (Å²) in [5, 5.41) is 10.6. The minimum absolute atomic E-state index is 0. The van der Waals surface area contributed by atoms with Crippen LogP contribution in [0.15, 0.2) is 24.5 Å². The van der Waals surface area contributed by atoms with Crippen LogP contribution in [0.1, 0.15) is 10.4 Å². The minimum atomic E-state index is -0.273. The van der Waals surface area contributed by atoms with Gasteiger partial charge in [-0.15, -0.1) is 12.4 Å². The van der Waals surface area contributed by atoms with Crippen molar-refractivity contribution >= 4 is 18.3 Å². The zero-order valence-corrected chi connectivity index (χ0v) is 7.54. The van der Waals surface area contributed by atoms with Gasteiger partial charge >= 0.3 is 0 Å². The third-order valence-corrected chi connectivity index (χ3v) is 1.25. The Labute approximate surface area is 82.0 Å². The molecule has 1 aromatic rings. The van der Waals surface area contributed by atoms with Crippen LogP contribution in [0.2, 0.25) is 0 Å². The number of hydrogen-bond donors (Lipinski definition) is 1. The maximum absolute atomic E-state index is 11.1. The van der Waals surface area contributed by atoms with E-state index in [1.54, 1.807) is 18.3 Å². The van der Waals surface area contributed by atoms with E-state index in [1.807, 2.05) is 6.07 Å². The van der Waals surface area contributed by atoms with Crippen LogP contribution in [-0.4, -0.2) is 17.4 Å². The quantitative estimate of drug-likeness (QED) is 0.712. The van der Waals surface area contributed by atoms with Crippen LogP contribution in [0.25, 0.3) is 0 Å². The van der Waals surface area contributed by atoms with Gasteiger partial charge in [-0.25, -0.2) is 0 Å². The van der Waals surface area contributed by atoms with E-state index in [0.29, 0.717) is 5.56 Å². The van der Waals surface area contributed by atoms with Gasteiger partial charge in [0.15, 0.2) is 0 Å². The zero-order valence-electron chi connectivity index (χ0n) is 6.73. The molecule has 0 unspecified atom stereocenters. The molecular formula is C8H8ClN3O. The molecule has 0 saturated carbocycles. The summed E-state index contributed by atoms with van der Waals surface area (Å²) in [4.78, 5) is 14.9. The number of carbonyl (C=O) groups is 1. The van der Waals surface area contributed by atoms with Crippen LogP contribution < -0.4 is 5.32 Å². The van der Waals surface area contributed by atoms with Crippen molar-refractivity contribution in [1.29, 1.82) is 5.26 Å². The molecule has 0 atom stereocenters. The van der Waals surface area contributed by atoms with Gasteiger partial charge in [-0.1, -0.05) is 0 Å². The molecule has 0 radical (unpaired) electrons. The van der Waals surface area contributed by atoms with Crippen molar-refractivity contribution in [2.24, 2.45) is 0 Å². The molecule has 0 spiro atoms. The Balaban J connectivity index is 0.00000144. The molecule has 1 amide bonds. The van der Waals surface area contributed by atoms with Crippen molar-refractivity contribution in [1.82, 2.24) is 10.3 Å². The predicted molar refractivity (Wildman–Crippen MR) is 49.4 cm³/mol. The zero-order chi connectivity index (χ0) is 8.81. The first-order chi connectivity index (χ1) is 5.84. The van der Waals surface area contributed by atoms with Crippen molar-refractivity contribution in [2.45, 2.75) is 0 Å². The highest BCUT2D eigenvalue weighted by Crippen LogP contribution is 1.93. The molecular weight excluding hydrogens is 190 g/mol. The number of amides is 1. The third-order valence-electron chi connectivity index (χ3n) is 1.25. The summed E-state index contributed by atoms with van der Waals surface area (Å²) in [6, 6.07) is 5.12. The molecule has 5 heteroatoms. The average Bonchev–Trinajstić information content (AvgIpc) is 2.15. The summed E-state index contributed by atoms with van der Waals surface area (Å²) < 4.78 is 0. The number of nitrogens with zero attached hydrogens (tertiary/aromatic N) is 2. The fourth-order valence-electron chi connectivity index (χ4n) is 0.719. The number of carbonyl (C=O) groups excluding carboxylic acids is 1. The van der Waals surface area contributed by atoms with Gasteiger partial charge in [-0.3, -0.25) is 9.78 Å². The van der Waals surface area contributed by atoms with E-state index in [-0.39, 0.29) is 24.9 Å². The van der Waals surface area contributed by atoms with Gasteiger partial charge in [0.05, 0.1) is 11.6 Å². The molecule has 0 aromatic carbocycles. The lowest BCUT2D eigenvalue weighted by atomic mass is 10.3. The Morgan fingerprint density at radius 3 is 3.00 bits per heavy atom. The van der Waals surface area contributed by atoms with E-state index in [4.69, 9.17) is 5.26 Å². The summed E-state index contributed by atoms with van der Waals surface area (Å²) in [5.74, 6) is -0.273. The van der Waals surface area contributed by atoms with Crippen molar-refractivity contribution in [3.05, 3.63) is 30.1 Å². The van der Waals surface area contributed by atoms with Gasteiger partial charge < -0.3 is 5.32 Å². The summed E-state index contributed by atoms with van der Waals surface area (Å²) in [5.41, 5.74) is 0.466. The predicted octanol–water partition coefficient (Wildman–Crippen LogP) is 0.757. The molecule has 0 aliphatic heterocycles. The molecule has 1 N–H and O–H groups in total. The van der Waals surface area contributed by atoms with Crippen LogP contribution in [0.3, 0.4) is 0 Å². The Kier molecular flexibility index (Phi) is 5.24. The number of nitriles is 1. The van der Waals surface area contributed by atoms with E-state index in [0.717, 1.165) is 0 Å². The van der Waals surface area contributed by atoms with Gasteiger partial charge in [0.2, 0.25) is 0 Å². The number of hydrogen-bond acceptors (Lipinski definition) is 3. The van der Waals surface area contributed by atoms with Crippen molar-refractivity contribution in [2.75, 3.05) is 6.54 Å². The lowest BCUT2D eigenvalue weighted by molar-refractivity contribution is 0.0958. The molecule has 4 nitrogen and oxygen atoms in total. The van der Waals surface area contributed by atoms with Gasteiger partial charge in [0, 0.05) is 12.4 Å². The highest BCUT2D eigenvalue weighted by molar-refractivity contribution is 5.93. The normalized spacial score (nSPS) is 7.92. The Hall–Kier alpha value is -1.60. The summed E-state index contributed by atoms with van der Waals surface area (Å²) in [7, 11) is 0. The fourth-order valence-corrected chi connectivity index (χ4v) is 0.719. The highest BCUT2D eigenvalue weighted by Gasteiger charge is 2.01. The second kappa shape index (κ2) is 5.98. The van der Waals surface area contributed by atoms with Crippen molar-refractivity contribution < 1.29 is 4.79 Å². The van der Waals surface area contributed by atoms with E-state index in [1.165, 1.54) is 6.20 Å². The molecule has 68 valence electrons. The maximum Gasteiger partial charge on any atom is 0.253 e. The SMILES string of the molecule is Cl.N#CCNC(=O)c1cccnc1. The van der Waals surface area contributed by atoms with Crippen LogP contribution in [0.4, 0.5) is 0 Å². The lowest BCUT2D eigenvalue weighted by Crippen LogP contribution is -2.23. The molecule has 0 fully saturated rings. The molecule has 0 aliphatic rings. The van der Waals surface area contributed by atoms with E-state index < -0.39 is 0 Å². The summed E-state index contributed by atoms with van der Waals surface area (Å²) in [6.07, 6.45) is 3.04. The largest absolute Gasteiger partial charge is 0.339 e. The monoisotopic (exact) mass is 197 g/mol. The summed E-state index contributed by atoms with van der Waals surface area (Å²) >= 11 is 0. The van der Waals surface area contributed by atoms with Gasteiger partial charge in [0.25, 0.3) is 5.91 Å². The average molecular weight is 198 g/mol. The second-order valence-corrected chi connectivity index (χ2v) is 2.08. The number of halogens is 1. The van der Waals surface area contributed by atoms with E-state index >= 15 is 0 Å². The van der Waals surface area contributed by atoms with Crippen LogP contribution in [0, 0.1) is 11.3 Å². The summed E-state index contributed by atoms with van der Waals surface area (Å²) in [6.45, 7) is 0.0216. The lowest BCUT2D eigenvalue weighted by Gasteiger charge is -1.98. The smallest absolute Gasteiger partial charge is 0.253 e. The standard InChI is InChI=1S/C8H7N3O.ClH/c9-3-5-11-8(12)7-2-1-4-10-6-7;/h1-2,4,6H,5H2,(H,11,12);1H. The maximum atomic E-state index is 11.1. The molecule has 0 bridgehead atoms. The number of rotatable bonds is 2. The van der Waals surface area contributed by atoms with Crippen molar-refractivity contribution in [3.63, 3.8) is 0 Å². The topological polar surface area (TPSA) is 65.8 Å². The Morgan fingerprint density at radius 2 is 2.46 bits per heavy atom. The Bertz CT molecular complexity index is 307. The van der Waals surface area contributed by atoms with Crippen LogP contribution in [-0.2, 0) is 0 Å². The molecule has 0 aliphatic carbocycles. The van der Waals surface area contributed by atoms with E-state index in [9.17, 15) is 4.79 Å². The number of nitrogens with one attached hydrogen (secondary N) is 1. The van der Waals surface area contributed by atoms with Gasteiger partial charge in [-0.2, -0.15) is 5.26 Å². The second-order valence-electron chi connectivity index (χ2n) is 2.08. The van der Waals surface area contributed by atoms with Crippen LogP contribution >= 0.6 is 12.4 Å². The minimum Gasteiger partial charge on any atom is -0.339 e. The molecule has 13 heavy (non-hydrogen) atoms. The molecule has 1 aromatic heterocycles. The van der Waals surface area contributed by atoms with E-state index in [2.05, 4.69) is 10.3 Å². The first-order valence-electron chi connectivity index (χ1n) is 3.40. The van der Waals surface area contributed by atoms with Crippen molar-refractivity contribution in [3.8, 4) is 6.07 Å². The first-order valence-corrected chi connectivity index (χ1v) is 3.40. The Morgan fingerprint density at radius 1 is 1.69 bits per heavy atom. The highest BCUT2D eigenvalue weighted by atomic mass is 35.5.